The summed E-state index contributed by atoms with van der Waals surface area (Å²) in [6, 6.07) is 7.88. The summed E-state index contributed by atoms with van der Waals surface area (Å²) < 4.78 is 5.60. The predicted molar refractivity (Wildman–Crippen MR) is 67.6 cm³/mol. The van der Waals surface area contributed by atoms with Gasteiger partial charge in [-0.25, -0.2) is 0 Å². The first kappa shape index (κ1) is 12.6. The van der Waals surface area contributed by atoms with Crippen molar-refractivity contribution in [1.82, 2.24) is 5.32 Å². The number of benzene rings is 1. The van der Waals surface area contributed by atoms with Crippen LogP contribution < -0.4 is 10.1 Å². The van der Waals surface area contributed by atoms with Crippen LogP contribution in [0.15, 0.2) is 24.3 Å². The summed E-state index contributed by atoms with van der Waals surface area (Å²) >= 11 is 0. The molecule has 0 aliphatic heterocycles. The van der Waals surface area contributed by atoms with Crippen LogP contribution in [0.1, 0.15) is 26.3 Å². The van der Waals surface area contributed by atoms with Gasteiger partial charge >= 0.3 is 0 Å². The zero-order valence-corrected chi connectivity index (χ0v) is 10.2. The summed E-state index contributed by atoms with van der Waals surface area (Å²) in [5.41, 5.74) is 0.996. The van der Waals surface area contributed by atoms with Crippen molar-refractivity contribution in [2.24, 2.45) is 0 Å². The number of rotatable bonds is 4. The lowest BCUT2D eigenvalue weighted by atomic mass is 10.2. The third kappa shape index (κ3) is 4.86. The van der Waals surface area contributed by atoms with Crippen molar-refractivity contribution in [2.75, 3.05) is 13.1 Å². The van der Waals surface area contributed by atoms with E-state index < -0.39 is 0 Å². The molecule has 0 spiro atoms. The van der Waals surface area contributed by atoms with Gasteiger partial charge in [0.1, 0.15) is 5.75 Å². The molecule has 0 saturated heterocycles. The van der Waals surface area contributed by atoms with Gasteiger partial charge in [-0.1, -0.05) is 24.8 Å². The van der Waals surface area contributed by atoms with E-state index in [4.69, 9.17) is 4.74 Å². The minimum atomic E-state index is 0.199. The molecule has 1 aromatic carbocycles. The maximum absolute atomic E-state index is 5.60. The first-order valence-electron chi connectivity index (χ1n) is 5.68. The molecule has 0 heterocycles. The fourth-order valence-corrected chi connectivity index (χ4v) is 1.25. The molecular formula is C14H19NO. The lowest BCUT2D eigenvalue weighted by molar-refractivity contribution is 0.242. The fraction of sp³-hybridized carbons (Fsp3) is 0.429. The Labute approximate surface area is 98.0 Å². The Bertz CT molecular complexity index is 374. The quantitative estimate of drug-likeness (QED) is 0.618. The van der Waals surface area contributed by atoms with E-state index in [2.05, 4.69) is 24.1 Å². The molecule has 0 amide bonds. The van der Waals surface area contributed by atoms with Gasteiger partial charge in [-0.15, -0.1) is 0 Å². The van der Waals surface area contributed by atoms with Crippen LogP contribution in [-0.2, 0) is 0 Å². The van der Waals surface area contributed by atoms with Crippen molar-refractivity contribution in [2.45, 2.75) is 26.9 Å². The van der Waals surface area contributed by atoms with E-state index in [-0.39, 0.29) is 6.10 Å². The van der Waals surface area contributed by atoms with E-state index in [0.717, 1.165) is 24.4 Å². The Morgan fingerprint density at radius 3 is 2.88 bits per heavy atom. The minimum Gasteiger partial charge on any atom is -0.491 e. The molecule has 1 N–H and O–H groups in total. The smallest absolute Gasteiger partial charge is 0.120 e. The molecule has 0 atom stereocenters. The largest absolute Gasteiger partial charge is 0.491 e. The maximum atomic E-state index is 5.60. The molecular weight excluding hydrogens is 198 g/mol. The van der Waals surface area contributed by atoms with Crippen LogP contribution in [0, 0.1) is 11.8 Å². The highest BCUT2D eigenvalue weighted by atomic mass is 16.5. The second-order valence-corrected chi connectivity index (χ2v) is 3.78. The van der Waals surface area contributed by atoms with Crippen LogP contribution in [-0.4, -0.2) is 19.2 Å². The molecule has 0 saturated carbocycles. The maximum Gasteiger partial charge on any atom is 0.120 e. The summed E-state index contributed by atoms with van der Waals surface area (Å²) in [5.74, 6) is 7.05. The summed E-state index contributed by atoms with van der Waals surface area (Å²) in [4.78, 5) is 0. The van der Waals surface area contributed by atoms with Gasteiger partial charge in [0.15, 0.2) is 0 Å². The van der Waals surface area contributed by atoms with E-state index in [0.29, 0.717) is 0 Å². The number of hydrogen-bond donors (Lipinski definition) is 1. The minimum absolute atomic E-state index is 0.199. The molecule has 0 radical (unpaired) electrons. The van der Waals surface area contributed by atoms with Gasteiger partial charge < -0.3 is 10.1 Å². The zero-order valence-electron chi connectivity index (χ0n) is 10.2. The van der Waals surface area contributed by atoms with E-state index in [1.165, 1.54) is 0 Å². The second kappa shape index (κ2) is 6.92. The predicted octanol–water partition coefficient (Wildman–Crippen LogP) is 2.43. The molecule has 0 unspecified atom stereocenters. The molecule has 0 aromatic heterocycles. The molecule has 2 heteroatoms. The molecule has 0 aliphatic rings. The first-order chi connectivity index (χ1) is 7.72. The first-order valence-corrected chi connectivity index (χ1v) is 5.68. The average Bonchev–Trinajstić information content (AvgIpc) is 2.24. The lowest BCUT2D eigenvalue weighted by Gasteiger charge is -2.09. The SMILES string of the molecule is CCNCC#Cc1cccc(OC(C)C)c1. The van der Waals surface area contributed by atoms with Gasteiger partial charge in [-0.2, -0.15) is 0 Å². The highest BCUT2D eigenvalue weighted by Gasteiger charge is 1.97. The Morgan fingerprint density at radius 2 is 2.19 bits per heavy atom. The van der Waals surface area contributed by atoms with Crippen molar-refractivity contribution >= 4 is 0 Å². The van der Waals surface area contributed by atoms with Crippen molar-refractivity contribution in [3.63, 3.8) is 0 Å². The molecule has 0 fully saturated rings. The highest BCUT2D eigenvalue weighted by molar-refractivity contribution is 5.39. The number of hydrogen-bond acceptors (Lipinski definition) is 2. The van der Waals surface area contributed by atoms with Gasteiger partial charge in [0.25, 0.3) is 0 Å². The highest BCUT2D eigenvalue weighted by Crippen LogP contribution is 2.13. The second-order valence-electron chi connectivity index (χ2n) is 3.78. The van der Waals surface area contributed by atoms with Gasteiger partial charge in [-0.05, 0) is 38.6 Å². The van der Waals surface area contributed by atoms with Crippen LogP contribution in [0.5, 0.6) is 5.75 Å². The number of ether oxygens (including phenoxy) is 1. The molecule has 1 aromatic rings. The van der Waals surface area contributed by atoms with Gasteiger partial charge in [-0.3, -0.25) is 0 Å². The van der Waals surface area contributed by atoms with E-state index in [9.17, 15) is 0 Å². The monoisotopic (exact) mass is 217 g/mol. The van der Waals surface area contributed by atoms with Crippen molar-refractivity contribution in [1.29, 1.82) is 0 Å². The topological polar surface area (TPSA) is 21.3 Å². The van der Waals surface area contributed by atoms with E-state index in [1.54, 1.807) is 0 Å². The Balaban J connectivity index is 2.62. The third-order valence-electron chi connectivity index (χ3n) is 1.90. The summed E-state index contributed by atoms with van der Waals surface area (Å²) in [5, 5.41) is 3.16. The molecule has 1 rings (SSSR count). The van der Waals surface area contributed by atoms with Gasteiger partial charge in [0, 0.05) is 5.56 Å². The van der Waals surface area contributed by atoms with Crippen LogP contribution in [0.4, 0.5) is 0 Å². The van der Waals surface area contributed by atoms with Crippen molar-refractivity contribution < 1.29 is 4.74 Å². The van der Waals surface area contributed by atoms with Crippen LogP contribution >= 0.6 is 0 Å². The summed E-state index contributed by atoms with van der Waals surface area (Å²) in [6.07, 6.45) is 0.199. The van der Waals surface area contributed by atoms with Crippen LogP contribution in [0.2, 0.25) is 0 Å². The fourth-order valence-electron chi connectivity index (χ4n) is 1.25. The molecule has 2 nitrogen and oxygen atoms in total. The van der Waals surface area contributed by atoms with E-state index in [1.807, 2.05) is 38.1 Å². The molecule has 0 aliphatic carbocycles. The van der Waals surface area contributed by atoms with Crippen molar-refractivity contribution in [3.8, 4) is 17.6 Å². The Morgan fingerprint density at radius 1 is 1.38 bits per heavy atom. The Hall–Kier alpha value is -1.46. The number of nitrogens with one attached hydrogen (secondary N) is 1. The lowest BCUT2D eigenvalue weighted by Crippen LogP contribution is -2.11. The standard InChI is InChI=1S/C14H19NO/c1-4-15-10-6-8-13-7-5-9-14(11-13)16-12(2)3/h5,7,9,11-12,15H,4,10H2,1-3H3. The molecule has 86 valence electrons. The molecule has 16 heavy (non-hydrogen) atoms. The average molecular weight is 217 g/mol. The van der Waals surface area contributed by atoms with Gasteiger partial charge in [0.2, 0.25) is 0 Å². The van der Waals surface area contributed by atoms with Crippen molar-refractivity contribution in [3.05, 3.63) is 29.8 Å². The van der Waals surface area contributed by atoms with E-state index >= 15 is 0 Å². The summed E-state index contributed by atoms with van der Waals surface area (Å²) in [7, 11) is 0. The Kier molecular flexibility index (Phi) is 5.45. The normalized spacial score (nSPS) is 9.75. The van der Waals surface area contributed by atoms with Crippen LogP contribution in [0.3, 0.4) is 0 Å². The third-order valence-corrected chi connectivity index (χ3v) is 1.90. The zero-order chi connectivity index (χ0) is 11.8. The summed E-state index contributed by atoms with van der Waals surface area (Å²) in [6.45, 7) is 7.78. The van der Waals surface area contributed by atoms with Crippen LogP contribution in [0.25, 0.3) is 0 Å². The molecule has 0 bridgehead atoms. The van der Waals surface area contributed by atoms with Gasteiger partial charge in [0.05, 0.1) is 12.6 Å².